The fourth-order valence-corrected chi connectivity index (χ4v) is 2.20. The Hall–Kier alpha value is -1.65. The van der Waals surface area contributed by atoms with E-state index in [1.165, 1.54) is 0 Å². The van der Waals surface area contributed by atoms with E-state index in [1.54, 1.807) is 0 Å². The van der Waals surface area contributed by atoms with E-state index < -0.39 is 0 Å². The van der Waals surface area contributed by atoms with E-state index in [1.807, 2.05) is 54.6 Å². The zero-order chi connectivity index (χ0) is 13.7. The molecule has 0 aliphatic rings. The third-order valence-electron chi connectivity index (χ3n) is 2.82. The molecule has 0 heterocycles. The molecule has 1 atom stereocenters. The minimum absolute atomic E-state index is 0.0400. The van der Waals surface area contributed by atoms with Crippen LogP contribution in [0.3, 0.4) is 0 Å². The van der Waals surface area contributed by atoms with Gasteiger partial charge in [-0.25, -0.2) is 0 Å². The number of benzene rings is 2. The third-order valence-corrected chi connectivity index (χ3v) is 3.35. The van der Waals surface area contributed by atoms with Crippen LogP contribution in [-0.4, -0.2) is 12.5 Å². The van der Waals surface area contributed by atoms with Crippen LogP contribution in [0.1, 0.15) is 17.2 Å². The minimum Gasteiger partial charge on any atom is -0.369 e. The van der Waals surface area contributed by atoms with Gasteiger partial charge in [-0.15, -0.1) is 0 Å². The van der Waals surface area contributed by atoms with Crippen molar-refractivity contribution in [2.45, 2.75) is 6.04 Å². The number of rotatable bonds is 5. The average molecular weight is 319 g/mol. The van der Waals surface area contributed by atoms with Gasteiger partial charge >= 0.3 is 0 Å². The van der Waals surface area contributed by atoms with Crippen LogP contribution in [0.15, 0.2) is 59.1 Å². The maximum Gasteiger partial charge on any atom is 0.231 e. The van der Waals surface area contributed by atoms with Crippen molar-refractivity contribution in [1.82, 2.24) is 5.32 Å². The fourth-order valence-electron chi connectivity index (χ4n) is 1.93. The van der Waals surface area contributed by atoms with Gasteiger partial charge < -0.3 is 5.73 Å². The summed E-state index contributed by atoms with van der Waals surface area (Å²) in [6.07, 6.45) is 0. The van der Waals surface area contributed by atoms with Crippen molar-refractivity contribution in [2.75, 3.05) is 6.54 Å². The first-order valence-corrected chi connectivity index (χ1v) is 6.78. The second kappa shape index (κ2) is 6.50. The van der Waals surface area contributed by atoms with Crippen LogP contribution < -0.4 is 11.1 Å². The van der Waals surface area contributed by atoms with E-state index in [0.29, 0.717) is 0 Å². The molecular weight excluding hydrogens is 304 g/mol. The Labute approximate surface area is 121 Å². The van der Waals surface area contributed by atoms with Crippen molar-refractivity contribution in [3.05, 3.63) is 70.2 Å². The van der Waals surface area contributed by atoms with Gasteiger partial charge in [-0.2, -0.15) is 0 Å². The van der Waals surface area contributed by atoms with Gasteiger partial charge in [0.25, 0.3) is 0 Å². The van der Waals surface area contributed by atoms with Crippen molar-refractivity contribution in [3.8, 4) is 0 Å². The molecule has 0 aliphatic carbocycles. The van der Waals surface area contributed by atoms with Gasteiger partial charge in [0.2, 0.25) is 5.91 Å². The van der Waals surface area contributed by atoms with Crippen LogP contribution in [0.2, 0.25) is 0 Å². The molecule has 2 rings (SSSR count). The van der Waals surface area contributed by atoms with Crippen molar-refractivity contribution in [2.24, 2.45) is 5.73 Å². The Morgan fingerprint density at radius 1 is 1.05 bits per heavy atom. The van der Waals surface area contributed by atoms with Gasteiger partial charge in [0, 0.05) is 4.47 Å². The molecule has 98 valence electrons. The number of amides is 1. The van der Waals surface area contributed by atoms with E-state index in [0.717, 1.165) is 15.6 Å². The first kappa shape index (κ1) is 13.8. The Morgan fingerprint density at radius 3 is 2.21 bits per heavy atom. The maximum atomic E-state index is 11.0. The molecule has 0 aliphatic heterocycles. The van der Waals surface area contributed by atoms with Crippen molar-refractivity contribution < 1.29 is 4.79 Å². The highest BCUT2D eigenvalue weighted by molar-refractivity contribution is 9.10. The Bertz CT molecular complexity index is 540. The molecule has 0 saturated carbocycles. The smallest absolute Gasteiger partial charge is 0.231 e. The zero-order valence-electron chi connectivity index (χ0n) is 10.3. The quantitative estimate of drug-likeness (QED) is 0.890. The summed E-state index contributed by atoms with van der Waals surface area (Å²) < 4.78 is 1.03. The van der Waals surface area contributed by atoms with Crippen molar-refractivity contribution >= 4 is 21.8 Å². The van der Waals surface area contributed by atoms with Crippen molar-refractivity contribution in [1.29, 1.82) is 0 Å². The lowest BCUT2D eigenvalue weighted by Crippen LogP contribution is -2.32. The summed E-state index contributed by atoms with van der Waals surface area (Å²) in [6.45, 7) is 0.148. The van der Waals surface area contributed by atoms with Gasteiger partial charge in [-0.1, -0.05) is 58.4 Å². The first-order chi connectivity index (χ1) is 9.16. The Morgan fingerprint density at radius 2 is 1.63 bits per heavy atom. The second-order valence-electron chi connectivity index (χ2n) is 4.24. The maximum absolute atomic E-state index is 11.0. The van der Waals surface area contributed by atoms with Gasteiger partial charge in [-0.3, -0.25) is 10.1 Å². The zero-order valence-corrected chi connectivity index (χ0v) is 11.9. The summed E-state index contributed by atoms with van der Waals surface area (Å²) in [6, 6.07) is 18.0. The normalized spacial score (nSPS) is 12.1. The number of nitrogens with one attached hydrogen (secondary N) is 1. The number of hydrogen-bond acceptors (Lipinski definition) is 2. The molecular formula is C15H15BrN2O. The van der Waals surface area contributed by atoms with Gasteiger partial charge in [0.1, 0.15) is 0 Å². The highest BCUT2D eigenvalue weighted by Crippen LogP contribution is 2.23. The lowest BCUT2D eigenvalue weighted by molar-refractivity contribution is -0.117. The van der Waals surface area contributed by atoms with Gasteiger partial charge in [0.15, 0.2) is 0 Å². The molecule has 19 heavy (non-hydrogen) atoms. The summed E-state index contributed by atoms with van der Waals surface area (Å²) in [5.41, 5.74) is 7.41. The standard InChI is InChI=1S/C15H15BrN2O/c16-13-8-6-12(7-9-13)15(18-10-14(17)19)11-4-2-1-3-5-11/h1-9,15,18H,10H2,(H2,17,19). The topological polar surface area (TPSA) is 55.1 Å². The molecule has 2 aromatic rings. The third kappa shape index (κ3) is 3.91. The molecule has 2 aromatic carbocycles. The number of hydrogen-bond donors (Lipinski definition) is 2. The van der Waals surface area contributed by atoms with Crippen LogP contribution in [0.25, 0.3) is 0 Å². The summed E-state index contributed by atoms with van der Waals surface area (Å²) in [4.78, 5) is 11.0. The minimum atomic E-state index is -0.363. The van der Waals surface area contributed by atoms with Crippen LogP contribution in [-0.2, 0) is 4.79 Å². The molecule has 0 bridgehead atoms. The summed E-state index contributed by atoms with van der Waals surface area (Å²) in [5.74, 6) is -0.363. The predicted molar refractivity (Wildman–Crippen MR) is 79.6 cm³/mol. The molecule has 3 nitrogen and oxygen atoms in total. The van der Waals surface area contributed by atoms with Crippen LogP contribution in [0.4, 0.5) is 0 Å². The molecule has 3 N–H and O–H groups in total. The van der Waals surface area contributed by atoms with Crippen LogP contribution in [0, 0.1) is 0 Å². The second-order valence-corrected chi connectivity index (χ2v) is 5.16. The van der Waals surface area contributed by atoms with Crippen LogP contribution in [0.5, 0.6) is 0 Å². The Kier molecular flexibility index (Phi) is 4.71. The van der Waals surface area contributed by atoms with E-state index in [-0.39, 0.29) is 18.5 Å². The van der Waals surface area contributed by atoms with E-state index in [2.05, 4.69) is 21.2 Å². The molecule has 4 heteroatoms. The predicted octanol–water partition coefficient (Wildman–Crippen LogP) is 2.61. The molecule has 0 aromatic heterocycles. The summed E-state index contributed by atoms with van der Waals surface area (Å²) in [5, 5.41) is 3.18. The molecule has 0 fully saturated rings. The molecule has 0 spiro atoms. The summed E-state index contributed by atoms with van der Waals surface area (Å²) >= 11 is 3.42. The van der Waals surface area contributed by atoms with Crippen molar-refractivity contribution in [3.63, 3.8) is 0 Å². The number of carbonyl (C=O) groups excluding carboxylic acids is 1. The monoisotopic (exact) mass is 318 g/mol. The average Bonchev–Trinajstić information content (AvgIpc) is 2.42. The lowest BCUT2D eigenvalue weighted by atomic mass is 9.99. The SMILES string of the molecule is NC(=O)CNC(c1ccccc1)c1ccc(Br)cc1. The summed E-state index contributed by atoms with van der Waals surface area (Å²) in [7, 11) is 0. The lowest BCUT2D eigenvalue weighted by Gasteiger charge is -2.19. The largest absolute Gasteiger partial charge is 0.369 e. The van der Waals surface area contributed by atoms with E-state index in [9.17, 15) is 4.79 Å². The first-order valence-electron chi connectivity index (χ1n) is 5.99. The number of primary amides is 1. The molecule has 1 unspecified atom stereocenters. The number of nitrogens with two attached hydrogens (primary N) is 1. The molecule has 1 amide bonds. The highest BCUT2D eigenvalue weighted by Gasteiger charge is 2.13. The van der Waals surface area contributed by atoms with Crippen LogP contribution >= 0.6 is 15.9 Å². The highest BCUT2D eigenvalue weighted by atomic mass is 79.9. The van der Waals surface area contributed by atoms with E-state index in [4.69, 9.17) is 5.73 Å². The fraction of sp³-hybridized carbons (Fsp3) is 0.133. The molecule has 0 radical (unpaired) electrons. The van der Waals surface area contributed by atoms with Gasteiger partial charge in [0.05, 0.1) is 12.6 Å². The number of halogens is 1. The van der Waals surface area contributed by atoms with E-state index >= 15 is 0 Å². The Balaban J connectivity index is 2.28. The molecule has 0 saturated heterocycles. The van der Waals surface area contributed by atoms with Gasteiger partial charge in [-0.05, 0) is 23.3 Å². The number of carbonyl (C=O) groups is 1.